The average molecular weight is 230 g/mol. The quantitative estimate of drug-likeness (QED) is 0.753. The van der Waals surface area contributed by atoms with E-state index >= 15 is 0 Å². The smallest absolute Gasteiger partial charge is 0.168 e. The summed E-state index contributed by atoms with van der Waals surface area (Å²) in [4.78, 5) is 7.07. The van der Waals surface area contributed by atoms with Gasteiger partial charge in [-0.25, -0.2) is 9.50 Å². The van der Waals surface area contributed by atoms with Gasteiger partial charge in [0.2, 0.25) is 0 Å². The Balaban J connectivity index is 2.02. The summed E-state index contributed by atoms with van der Waals surface area (Å²) >= 11 is 0. The van der Waals surface area contributed by atoms with E-state index in [0.29, 0.717) is 6.04 Å². The molecule has 1 atom stereocenters. The zero-order valence-electron chi connectivity index (χ0n) is 10.4. The van der Waals surface area contributed by atoms with Crippen molar-refractivity contribution < 1.29 is 0 Å². The largest absolute Gasteiger partial charge is 0.296 e. The molecule has 0 amide bonds. The molecule has 1 unspecified atom stereocenters. The highest BCUT2D eigenvalue weighted by atomic mass is 15.3. The van der Waals surface area contributed by atoms with E-state index in [1.807, 2.05) is 16.8 Å². The van der Waals surface area contributed by atoms with Crippen LogP contribution in [-0.4, -0.2) is 33.1 Å². The molecule has 3 rings (SSSR count). The monoisotopic (exact) mass is 230 g/mol. The summed E-state index contributed by atoms with van der Waals surface area (Å²) < 4.78 is 1.90. The third-order valence-electron chi connectivity index (χ3n) is 3.64. The Kier molecular flexibility index (Phi) is 2.59. The van der Waals surface area contributed by atoms with E-state index in [9.17, 15) is 0 Å². The molecule has 2 aromatic rings. The topological polar surface area (TPSA) is 33.4 Å². The molecule has 1 aliphatic heterocycles. The van der Waals surface area contributed by atoms with Gasteiger partial charge in [0, 0.05) is 6.20 Å². The Morgan fingerprint density at radius 1 is 1.35 bits per heavy atom. The number of hydrogen-bond acceptors (Lipinski definition) is 3. The van der Waals surface area contributed by atoms with Gasteiger partial charge in [0.25, 0.3) is 0 Å². The zero-order valence-corrected chi connectivity index (χ0v) is 10.4. The van der Waals surface area contributed by atoms with E-state index in [1.54, 1.807) is 0 Å². The molecular weight excluding hydrogens is 212 g/mol. The van der Waals surface area contributed by atoms with Gasteiger partial charge in [-0.3, -0.25) is 4.90 Å². The molecule has 4 heteroatoms. The Morgan fingerprint density at radius 3 is 3.00 bits per heavy atom. The highest BCUT2D eigenvalue weighted by molar-refractivity contribution is 5.45. The van der Waals surface area contributed by atoms with Crippen LogP contribution in [0.2, 0.25) is 0 Å². The number of likely N-dealkylation sites (tertiary alicyclic amines) is 1. The van der Waals surface area contributed by atoms with Crippen LogP contribution in [0.25, 0.3) is 5.65 Å². The number of hydrogen-bond donors (Lipinski definition) is 0. The van der Waals surface area contributed by atoms with Crippen molar-refractivity contribution in [1.29, 1.82) is 0 Å². The van der Waals surface area contributed by atoms with Crippen molar-refractivity contribution in [2.24, 2.45) is 0 Å². The Hall–Kier alpha value is -1.42. The molecule has 17 heavy (non-hydrogen) atoms. The Bertz CT molecular complexity index is 531. The second kappa shape index (κ2) is 4.11. The predicted octanol–water partition coefficient (Wildman–Crippen LogP) is 2.19. The van der Waals surface area contributed by atoms with Gasteiger partial charge in [-0.15, -0.1) is 5.10 Å². The van der Waals surface area contributed by atoms with Crippen LogP contribution in [0.5, 0.6) is 0 Å². The first-order chi connectivity index (χ1) is 8.25. The molecule has 1 saturated heterocycles. The lowest BCUT2D eigenvalue weighted by atomic mass is 10.0. The fraction of sp³-hybridized carbons (Fsp3) is 0.538. The fourth-order valence-electron chi connectivity index (χ4n) is 2.60. The van der Waals surface area contributed by atoms with Crippen molar-refractivity contribution in [3.63, 3.8) is 0 Å². The maximum atomic E-state index is 4.70. The van der Waals surface area contributed by atoms with Crippen LogP contribution in [-0.2, 0) is 0 Å². The van der Waals surface area contributed by atoms with Crippen LogP contribution in [0, 0.1) is 6.92 Å². The summed E-state index contributed by atoms with van der Waals surface area (Å²) in [6.45, 7) is 3.23. The van der Waals surface area contributed by atoms with Gasteiger partial charge in [0.05, 0.1) is 6.04 Å². The van der Waals surface area contributed by atoms with Crippen molar-refractivity contribution in [1.82, 2.24) is 19.5 Å². The summed E-state index contributed by atoms with van der Waals surface area (Å²) in [7, 11) is 2.17. The minimum Gasteiger partial charge on any atom is -0.296 e. The van der Waals surface area contributed by atoms with Crippen LogP contribution in [0.3, 0.4) is 0 Å². The van der Waals surface area contributed by atoms with Crippen molar-refractivity contribution >= 4 is 5.65 Å². The second-order valence-electron chi connectivity index (χ2n) is 4.92. The van der Waals surface area contributed by atoms with E-state index in [2.05, 4.69) is 30.0 Å². The SMILES string of the molecule is Cc1cccn2nc(C3CCCCN3C)nc12. The first kappa shape index (κ1) is 10.7. The highest BCUT2D eigenvalue weighted by Crippen LogP contribution is 2.27. The van der Waals surface area contributed by atoms with Gasteiger partial charge in [-0.05, 0) is 45.0 Å². The van der Waals surface area contributed by atoms with Gasteiger partial charge < -0.3 is 0 Å². The molecule has 2 aromatic heterocycles. The minimum absolute atomic E-state index is 0.392. The molecule has 1 fully saturated rings. The van der Waals surface area contributed by atoms with E-state index in [1.165, 1.54) is 24.8 Å². The summed E-state index contributed by atoms with van der Waals surface area (Å²) in [5, 5.41) is 4.61. The van der Waals surface area contributed by atoms with Gasteiger partial charge in [0.1, 0.15) is 0 Å². The van der Waals surface area contributed by atoms with Crippen LogP contribution in [0.15, 0.2) is 18.3 Å². The molecule has 3 heterocycles. The van der Waals surface area contributed by atoms with E-state index < -0.39 is 0 Å². The number of rotatable bonds is 1. The maximum Gasteiger partial charge on any atom is 0.168 e. The van der Waals surface area contributed by atoms with Gasteiger partial charge in [0.15, 0.2) is 11.5 Å². The molecule has 0 bridgehead atoms. The van der Waals surface area contributed by atoms with Crippen LogP contribution >= 0.6 is 0 Å². The average Bonchev–Trinajstić information content (AvgIpc) is 2.75. The van der Waals surface area contributed by atoms with Crippen LogP contribution in [0.1, 0.15) is 36.7 Å². The molecule has 0 N–H and O–H groups in total. The fourth-order valence-corrected chi connectivity index (χ4v) is 2.60. The molecule has 0 aliphatic carbocycles. The molecule has 0 aromatic carbocycles. The lowest BCUT2D eigenvalue weighted by molar-refractivity contribution is 0.179. The maximum absolute atomic E-state index is 4.70. The van der Waals surface area contributed by atoms with Crippen molar-refractivity contribution in [3.05, 3.63) is 29.7 Å². The summed E-state index contributed by atoms with van der Waals surface area (Å²) in [5.41, 5.74) is 2.17. The Morgan fingerprint density at radius 2 is 2.24 bits per heavy atom. The molecular formula is C13H18N4. The zero-order chi connectivity index (χ0) is 11.8. The first-order valence-corrected chi connectivity index (χ1v) is 6.28. The Labute approximate surface area is 101 Å². The van der Waals surface area contributed by atoms with Crippen LogP contribution in [0.4, 0.5) is 0 Å². The molecule has 4 nitrogen and oxygen atoms in total. The van der Waals surface area contributed by atoms with Gasteiger partial charge >= 0.3 is 0 Å². The third kappa shape index (κ3) is 1.82. The van der Waals surface area contributed by atoms with E-state index in [-0.39, 0.29) is 0 Å². The molecule has 90 valence electrons. The summed E-state index contributed by atoms with van der Waals surface area (Å²) in [5.74, 6) is 0.974. The summed E-state index contributed by atoms with van der Waals surface area (Å²) in [6, 6.07) is 4.49. The van der Waals surface area contributed by atoms with E-state index in [4.69, 9.17) is 4.98 Å². The molecule has 0 spiro atoms. The first-order valence-electron chi connectivity index (χ1n) is 6.28. The number of aromatic nitrogens is 3. The molecule has 0 radical (unpaired) electrons. The number of aryl methyl sites for hydroxylation is 1. The second-order valence-corrected chi connectivity index (χ2v) is 4.92. The number of pyridine rings is 1. The number of nitrogens with zero attached hydrogens (tertiary/aromatic N) is 4. The van der Waals surface area contributed by atoms with Crippen LogP contribution < -0.4 is 0 Å². The number of fused-ring (bicyclic) bond motifs is 1. The van der Waals surface area contributed by atoms with E-state index in [0.717, 1.165) is 18.0 Å². The molecule has 1 aliphatic rings. The van der Waals surface area contributed by atoms with Gasteiger partial charge in [-0.1, -0.05) is 12.5 Å². The molecule has 0 saturated carbocycles. The predicted molar refractivity (Wildman–Crippen MR) is 66.9 cm³/mol. The minimum atomic E-state index is 0.392. The normalized spacial score (nSPS) is 22.1. The lowest BCUT2D eigenvalue weighted by Gasteiger charge is -2.30. The number of piperidine rings is 1. The van der Waals surface area contributed by atoms with Crippen molar-refractivity contribution in [2.45, 2.75) is 32.2 Å². The standard InChI is InChI=1S/C13H18N4/c1-10-6-5-9-17-13(10)14-12(15-17)11-7-3-4-8-16(11)2/h5-6,9,11H,3-4,7-8H2,1-2H3. The summed E-state index contributed by atoms with van der Waals surface area (Å²) in [6.07, 6.45) is 5.72. The van der Waals surface area contributed by atoms with Crippen molar-refractivity contribution in [2.75, 3.05) is 13.6 Å². The lowest BCUT2D eigenvalue weighted by Crippen LogP contribution is -2.30. The van der Waals surface area contributed by atoms with Gasteiger partial charge in [-0.2, -0.15) is 0 Å². The highest BCUT2D eigenvalue weighted by Gasteiger charge is 2.24. The third-order valence-corrected chi connectivity index (χ3v) is 3.64. The van der Waals surface area contributed by atoms with Crippen molar-refractivity contribution in [3.8, 4) is 0 Å².